The van der Waals surface area contributed by atoms with E-state index < -0.39 is 0 Å². The third kappa shape index (κ3) is 2.94. The quantitative estimate of drug-likeness (QED) is 0.392. The van der Waals surface area contributed by atoms with Crippen molar-refractivity contribution in [3.8, 4) is 0 Å². The molecule has 2 rings (SSSR count). The van der Waals surface area contributed by atoms with Crippen LogP contribution in [0.5, 0.6) is 0 Å². The Balaban J connectivity index is 2.61. The van der Waals surface area contributed by atoms with Crippen molar-refractivity contribution in [3.63, 3.8) is 0 Å². The zero-order valence-corrected chi connectivity index (χ0v) is 11.9. The van der Waals surface area contributed by atoms with E-state index >= 15 is 0 Å². The highest BCUT2D eigenvalue weighted by atomic mass is 19.1. The fourth-order valence-corrected chi connectivity index (χ4v) is 2.21. The van der Waals surface area contributed by atoms with Crippen LogP contribution in [0.25, 0.3) is 0 Å². The number of pyridine rings is 1. The van der Waals surface area contributed by atoms with Gasteiger partial charge >= 0.3 is 0 Å². The maximum Gasteiger partial charge on any atom is 0.174 e. The molecule has 0 aliphatic carbocycles. The molecular formula is C15H17FN4O. The van der Waals surface area contributed by atoms with E-state index in [1.165, 1.54) is 12.1 Å². The lowest BCUT2D eigenvalue weighted by Crippen LogP contribution is -2.24. The summed E-state index contributed by atoms with van der Waals surface area (Å²) in [6.45, 7) is 4.33. The first kappa shape index (κ1) is 14.8. The number of halogens is 1. The number of anilines is 2. The second-order valence-corrected chi connectivity index (χ2v) is 4.54. The molecule has 0 aliphatic heterocycles. The van der Waals surface area contributed by atoms with Crippen LogP contribution in [0.1, 0.15) is 18.1 Å². The average Bonchev–Trinajstić information content (AvgIpc) is 2.47. The highest BCUT2D eigenvalue weighted by Crippen LogP contribution is 2.28. The number of rotatable bonds is 4. The lowest BCUT2D eigenvalue weighted by Gasteiger charge is -2.25. The van der Waals surface area contributed by atoms with Crippen LogP contribution >= 0.6 is 0 Å². The van der Waals surface area contributed by atoms with E-state index in [-0.39, 0.29) is 11.7 Å². The number of nitrogens with two attached hydrogens (primary N) is 1. The summed E-state index contributed by atoms with van der Waals surface area (Å²) in [6.07, 6.45) is 1.64. The molecule has 2 aromatic rings. The second-order valence-electron chi connectivity index (χ2n) is 4.54. The van der Waals surface area contributed by atoms with E-state index in [0.29, 0.717) is 23.6 Å². The number of aromatic nitrogens is 1. The summed E-state index contributed by atoms with van der Waals surface area (Å²) >= 11 is 0. The van der Waals surface area contributed by atoms with Gasteiger partial charge in [-0.05, 0) is 43.7 Å². The van der Waals surface area contributed by atoms with E-state index in [1.807, 2.05) is 18.7 Å². The number of benzene rings is 1. The summed E-state index contributed by atoms with van der Waals surface area (Å²) in [6, 6.07) is 7.99. The van der Waals surface area contributed by atoms with Crippen LogP contribution in [0.4, 0.5) is 15.9 Å². The molecule has 1 aromatic carbocycles. The Morgan fingerprint density at radius 2 is 2.19 bits per heavy atom. The van der Waals surface area contributed by atoms with Gasteiger partial charge in [0.1, 0.15) is 11.6 Å². The molecular weight excluding hydrogens is 271 g/mol. The Hall–Kier alpha value is -2.63. The zero-order valence-electron chi connectivity index (χ0n) is 11.9. The minimum Gasteiger partial charge on any atom is -0.409 e. The Bertz CT molecular complexity index is 672. The molecule has 1 aromatic heterocycles. The Morgan fingerprint density at radius 1 is 1.43 bits per heavy atom. The normalized spacial score (nSPS) is 11.5. The van der Waals surface area contributed by atoms with Gasteiger partial charge < -0.3 is 15.8 Å². The van der Waals surface area contributed by atoms with Gasteiger partial charge in [-0.1, -0.05) is 11.2 Å². The summed E-state index contributed by atoms with van der Waals surface area (Å²) in [5.74, 6) is 0.174. The number of hydrogen-bond donors (Lipinski definition) is 2. The molecule has 0 saturated heterocycles. The standard InChI is InChI=1S/C15H17FN4O/c1-3-20(12-6-4-5-11(16)9-12)15-13(14(17)19-21)10(2)7-8-18-15/h4-9,21H,3H2,1-2H3,(H2,17,19). The molecule has 3 N–H and O–H groups in total. The Kier molecular flexibility index (Phi) is 4.37. The van der Waals surface area contributed by atoms with Gasteiger partial charge in [-0.15, -0.1) is 0 Å². The molecule has 0 atom stereocenters. The predicted molar refractivity (Wildman–Crippen MR) is 80.6 cm³/mol. The molecule has 6 heteroatoms. The molecule has 0 fully saturated rings. The van der Waals surface area contributed by atoms with Crippen molar-refractivity contribution in [1.82, 2.24) is 4.98 Å². The number of nitrogens with zero attached hydrogens (tertiary/aromatic N) is 3. The SMILES string of the molecule is CCN(c1cccc(F)c1)c1nccc(C)c1/C(N)=N/O. The minimum atomic E-state index is -0.330. The van der Waals surface area contributed by atoms with Crippen molar-refractivity contribution in [2.24, 2.45) is 10.9 Å². The van der Waals surface area contributed by atoms with Crippen molar-refractivity contribution < 1.29 is 9.60 Å². The molecule has 0 unspecified atom stereocenters. The van der Waals surface area contributed by atoms with Crippen LogP contribution in [0.3, 0.4) is 0 Å². The van der Waals surface area contributed by atoms with Crippen molar-refractivity contribution in [1.29, 1.82) is 0 Å². The van der Waals surface area contributed by atoms with Crippen molar-refractivity contribution in [3.05, 3.63) is 53.5 Å². The van der Waals surface area contributed by atoms with Gasteiger partial charge in [-0.2, -0.15) is 0 Å². The van der Waals surface area contributed by atoms with Crippen LogP contribution in [0.15, 0.2) is 41.7 Å². The molecule has 5 nitrogen and oxygen atoms in total. The van der Waals surface area contributed by atoms with E-state index in [1.54, 1.807) is 24.4 Å². The molecule has 0 radical (unpaired) electrons. The van der Waals surface area contributed by atoms with Crippen molar-refractivity contribution >= 4 is 17.3 Å². The molecule has 110 valence electrons. The Labute approximate surface area is 122 Å². The van der Waals surface area contributed by atoms with Crippen LogP contribution in [-0.4, -0.2) is 22.6 Å². The molecule has 0 spiro atoms. The van der Waals surface area contributed by atoms with Gasteiger partial charge in [0.25, 0.3) is 0 Å². The van der Waals surface area contributed by atoms with Gasteiger partial charge in [-0.25, -0.2) is 9.37 Å². The van der Waals surface area contributed by atoms with Crippen molar-refractivity contribution in [2.45, 2.75) is 13.8 Å². The van der Waals surface area contributed by atoms with Crippen LogP contribution in [-0.2, 0) is 0 Å². The number of amidine groups is 1. The lowest BCUT2D eigenvalue weighted by atomic mass is 10.1. The van der Waals surface area contributed by atoms with Gasteiger partial charge in [0, 0.05) is 18.4 Å². The highest BCUT2D eigenvalue weighted by Gasteiger charge is 2.18. The summed E-state index contributed by atoms with van der Waals surface area (Å²) in [4.78, 5) is 6.13. The molecule has 0 aliphatic rings. The van der Waals surface area contributed by atoms with E-state index in [9.17, 15) is 4.39 Å². The minimum absolute atomic E-state index is 0.0227. The molecule has 0 amide bonds. The summed E-state index contributed by atoms with van der Waals surface area (Å²) < 4.78 is 13.4. The van der Waals surface area contributed by atoms with Gasteiger partial charge in [-0.3, -0.25) is 0 Å². The van der Waals surface area contributed by atoms with Crippen LogP contribution in [0.2, 0.25) is 0 Å². The smallest absolute Gasteiger partial charge is 0.174 e. The van der Waals surface area contributed by atoms with E-state index in [0.717, 1.165) is 5.56 Å². The third-order valence-electron chi connectivity index (χ3n) is 3.19. The average molecular weight is 288 g/mol. The zero-order chi connectivity index (χ0) is 15.4. The Morgan fingerprint density at radius 3 is 2.81 bits per heavy atom. The second kappa shape index (κ2) is 6.21. The maximum absolute atomic E-state index is 13.4. The number of aryl methyl sites for hydroxylation is 1. The molecule has 0 bridgehead atoms. The topological polar surface area (TPSA) is 74.7 Å². The molecule has 0 saturated carbocycles. The largest absolute Gasteiger partial charge is 0.409 e. The molecule has 1 heterocycles. The van der Waals surface area contributed by atoms with E-state index in [2.05, 4.69) is 10.1 Å². The summed E-state index contributed by atoms with van der Waals surface area (Å²) in [5.41, 5.74) is 7.77. The van der Waals surface area contributed by atoms with Gasteiger partial charge in [0.2, 0.25) is 0 Å². The summed E-state index contributed by atoms with van der Waals surface area (Å²) in [7, 11) is 0. The van der Waals surface area contributed by atoms with Gasteiger partial charge in [0.15, 0.2) is 5.84 Å². The predicted octanol–water partition coefficient (Wildman–Crippen LogP) is 2.78. The number of hydrogen-bond acceptors (Lipinski definition) is 4. The summed E-state index contributed by atoms with van der Waals surface area (Å²) in [5, 5.41) is 12.0. The monoisotopic (exact) mass is 288 g/mol. The van der Waals surface area contributed by atoms with Crippen LogP contribution in [0, 0.1) is 12.7 Å². The van der Waals surface area contributed by atoms with Crippen LogP contribution < -0.4 is 10.6 Å². The lowest BCUT2D eigenvalue weighted by molar-refractivity contribution is 0.318. The first-order chi connectivity index (χ1) is 10.1. The molecule has 21 heavy (non-hydrogen) atoms. The first-order valence-electron chi connectivity index (χ1n) is 6.55. The highest BCUT2D eigenvalue weighted by molar-refractivity contribution is 6.03. The third-order valence-corrected chi connectivity index (χ3v) is 3.19. The first-order valence-corrected chi connectivity index (χ1v) is 6.55. The maximum atomic E-state index is 13.4. The van der Waals surface area contributed by atoms with Gasteiger partial charge in [0.05, 0.1) is 5.56 Å². The fraction of sp³-hybridized carbons (Fsp3) is 0.200. The van der Waals surface area contributed by atoms with E-state index in [4.69, 9.17) is 10.9 Å². The van der Waals surface area contributed by atoms with Crippen molar-refractivity contribution in [2.75, 3.05) is 11.4 Å². The number of oxime groups is 1. The fourth-order valence-electron chi connectivity index (χ4n) is 2.21.